The van der Waals surface area contributed by atoms with Gasteiger partial charge in [0, 0.05) is 24.1 Å². The van der Waals surface area contributed by atoms with Crippen LogP contribution in [0, 0.1) is 10.8 Å². The normalized spacial score (nSPS) is 9.71. The molecular weight excluding hydrogens is 403 g/mol. The highest BCUT2D eigenvalue weighted by atomic mass is 35.5. The van der Waals surface area contributed by atoms with Crippen LogP contribution < -0.4 is 22.2 Å². The van der Waals surface area contributed by atoms with Crippen LogP contribution in [0.15, 0.2) is 58.9 Å². The van der Waals surface area contributed by atoms with Crippen LogP contribution >= 0.6 is 24.8 Å². The van der Waals surface area contributed by atoms with Gasteiger partial charge in [-0.2, -0.15) is 0 Å². The predicted molar refractivity (Wildman–Crippen MR) is 115 cm³/mol. The minimum Gasteiger partial charge on any atom is -0.388 e. The minimum absolute atomic E-state index is 0. The van der Waals surface area contributed by atoms with Gasteiger partial charge in [-0.25, -0.2) is 0 Å². The molecule has 0 unspecified atom stereocenters. The molecule has 2 aromatic carbocycles. The standard InChI is InChI=1S/C17H20N8O.2ClH/c18-15(19)9-10-22-17(26)12-3-7-14(8-4-12)24-25-23-13-5-1-11(2-6-13)16(20)21;;/h1-8H,9-10H2,(H3,18,19)(H3,20,21)(H,22,26)(H,23,24);2*1H. The van der Waals surface area contributed by atoms with E-state index >= 15 is 0 Å². The zero-order chi connectivity index (χ0) is 18.9. The van der Waals surface area contributed by atoms with E-state index in [1.54, 1.807) is 48.5 Å². The van der Waals surface area contributed by atoms with Gasteiger partial charge in [-0.15, -0.1) is 29.9 Å². The molecule has 0 heterocycles. The van der Waals surface area contributed by atoms with Crippen LogP contribution in [0.2, 0.25) is 0 Å². The van der Waals surface area contributed by atoms with Crippen LogP contribution in [-0.2, 0) is 0 Å². The molecule has 28 heavy (non-hydrogen) atoms. The van der Waals surface area contributed by atoms with E-state index in [9.17, 15) is 4.79 Å². The highest BCUT2D eigenvalue weighted by molar-refractivity contribution is 5.95. The van der Waals surface area contributed by atoms with Gasteiger partial charge in [-0.1, -0.05) is 5.22 Å². The number of nitrogens with zero attached hydrogens (tertiary/aromatic N) is 2. The lowest BCUT2D eigenvalue weighted by atomic mass is 10.2. The molecule has 0 aromatic heterocycles. The molecule has 0 saturated heterocycles. The van der Waals surface area contributed by atoms with Crippen molar-refractivity contribution in [1.82, 2.24) is 5.32 Å². The molecule has 9 nitrogen and oxygen atoms in total. The average molecular weight is 425 g/mol. The molecule has 0 bridgehead atoms. The first-order valence-corrected chi connectivity index (χ1v) is 7.78. The third-order valence-corrected chi connectivity index (χ3v) is 3.35. The number of carbonyl (C=O) groups is 1. The van der Waals surface area contributed by atoms with E-state index in [1.807, 2.05) is 0 Å². The molecule has 0 aliphatic carbocycles. The number of nitrogen functional groups attached to an aromatic ring is 1. The van der Waals surface area contributed by atoms with Crippen LogP contribution in [0.3, 0.4) is 0 Å². The highest BCUT2D eigenvalue weighted by Gasteiger charge is 2.04. The van der Waals surface area contributed by atoms with Crippen LogP contribution in [0.1, 0.15) is 22.3 Å². The summed E-state index contributed by atoms with van der Waals surface area (Å²) < 4.78 is 0. The summed E-state index contributed by atoms with van der Waals surface area (Å²) in [5, 5.41) is 25.0. The second-order valence-electron chi connectivity index (χ2n) is 5.38. The molecule has 8 N–H and O–H groups in total. The van der Waals surface area contributed by atoms with E-state index in [1.165, 1.54) is 0 Å². The van der Waals surface area contributed by atoms with Crippen molar-refractivity contribution in [2.75, 3.05) is 12.0 Å². The lowest BCUT2D eigenvalue weighted by Crippen LogP contribution is -2.27. The van der Waals surface area contributed by atoms with Gasteiger partial charge in [-0.05, 0) is 48.5 Å². The number of amides is 1. The summed E-state index contributed by atoms with van der Waals surface area (Å²) in [7, 11) is 0. The van der Waals surface area contributed by atoms with Gasteiger partial charge in [0.1, 0.15) is 5.84 Å². The first kappa shape index (κ1) is 24.8. The number of hydrogen-bond donors (Lipinski definition) is 6. The van der Waals surface area contributed by atoms with E-state index in [2.05, 4.69) is 21.1 Å². The van der Waals surface area contributed by atoms with Crippen molar-refractivity contribution in [3.63, 3.8) is 0 Å². The molecule has 150 valence electrons. The van der Waals surface area contributed by atoms with Crippen molar-refractivity contribution >= 4 is 53.8 Å². The summed E-state index contributed by atoms with van der Waals surface area (Å²) in [6, 6.07) is 13.5. The summed E-state index contributed by atoms with van der Waals surface area (Å²) in [4.78, 5) is 11.9. The third-order valence-electron chi connectivity index (χ3n) is 3.35. The topological polar surface area (TPSA) is 166 Å². The summed E-state index contributed by atoms with van der Waals surface area (Å²) >= 11 is 0. The van der Waals surface area contributed by atoms with Gasteiger partial charge < -0.3 is 16.8 Å². The number of nitrogens with one attached hydrogen (secondary N) is 4. The zero-order valence-electron chi connectivity index (χ0n) is 14.8. The van der Waals surface area contributed by atoms with Crippen molar-refractivity contribution in [2.45, 2.75) is 6.42 Å². The monoisotopic (exact) mass is 424 g/mol. The Balaban J connectivity index is 0.00000364. The Morgan fingerprint density at radius 3 is 2.04 bits per heavy atom. The largest absolute Gasteiger partial charge is 0.388 e. The average Bonchev–Trinajstić information content (AvgIpc) is 2.62. The summed E-state index contributed by atoms with van der Waals surface area (Å²) in [5.41, 5.74) is 15.8. The Kier molecular flexibility index (Phi) is 10.9. The van der Waals surface area contributed by atoms with Crippen molar-refractivity contribution in [3.05, 3.63) is 59.7 Å². The molecule has 0 aliphatic heterocycles. The Hall–Kier alpha value is -3.17. The Labute approximate surface area is 174 Å². The van der Waals surface area contributed by atoms with Gasteiger partial charge in [0.05, 0.1) is 17.2 Å². The van der Waals surface area contributed by atoms with Crippen LogP contribution in [0.25, 0.3) is 0 Å². The SMILES string of the molecule is Cl.Cl.N=C(N)CCNC(=O)c1ccc(N=NNc2ccc(C(=N)N)cc2)cc1. The molecule has 1 amide bonds. The quantitative estimate of drug-likeness (QED) is 0.166. The number of carbonyl (C=O) groups excluding carboxylic acids is 1. The summed E-state index contributed by atoms with van der Waals surface area (Å²) in [6.45, 7) is 0.321. The fourth-order valence-electron chi connectivity index (χ4n) is 1.96. The highest BCUT2D eigenvalue weighted by Crippen LogP contribution is 2.15. The van der Waals surface area contributed by atoms with Crippen molar-refractivity contribution in [1.29, 1.82) is 10.8 Å². The van der Waals surface area contributed by atoms with E-state index in [0.717, 1.165) is 0 Å². The second-order valence-corrected chi connectivity index (χ2v) is 5.38. The molecule has 11 heteroatoms. The Morgan fingerprint density at radius 1 is 0.929 bits per heavy atom. The van der Waals surface area contributed by atoms with Crippen LogP contribution in [-0.4, -0.2) is 24.1 Å². The van der Waals surface area contributed by atoms with Crippen molar-refractivity contribution < 1.29 is 4.79 Å². The first-order valence-electron chi connectivity index (χ1n) is 7.78. The first-order chi connectivity index (χ1) is 12.5. The zero-order valence-corrected chi connectivity index (χ0v) is 16.4. The van der Waals surface area contributed by atoms with Gasteiger partial charge >= 0.3 is 0 Å². The number of halogens is 2. The fraction of sp³-hybridized carbons (Fsp3) is 0.118. The molecule has 2 aromatic rings. The molecule has 0 aliphatic rings. The van der Waals surface area contributed by atoms with Crippen LogP contribution in [0.5, 0.6) is 0 Å². The molecule has 0 spiro atoms. The summed E-state index contributed by atoms with van der Waals surface area (Å²) in [6.07, 6.45) is 0.317. The van der Waals surface area contributed by atoms with E-state index in [-0.39, 0.29) is 42.4 Å². The second kappa shape index (κ2) is 12.3. The fourth-order valence-corrected chi connectivity index (χ4v) is 1.96. The molecular formula is C17H22Cl2N8O. The van der Waals surface area contributed by atoms with Gasteiger partial charge in [-0.3, -0.25) is 21.0 Å². The van der Waals surface area contributed by atoms with Crippen molar-refractivity contribution in [2.24, 2.45) is 21.8 Å². The van der Waals surface area contributed by atoms with E-state index < -0.39 is 0 Å². The molecule has 2 rings (SSSR count). The summed E-state index contributed by atoms with van der Waals surface area (Å²) in [5.74, 6) is -0.202. The number of nitrogens with two attached hydrogens (primary N) is 2. The smallest absolute Gasteiger partial charge is 0.251 e. The third kappa shape index (κ3) is 8.02. The van der Waals surface area contributed by atoms with Crippen LogP contribution in [0.4, 0.5) is 11.4 Å². The number of anilines is 1. The maximum atomic E-state index is 11.9. The number of amidine groups is 2. The van der Waals surface area contributed by atoms with Gasteiger partial charge in [0.25, 0.3) is 5.91 Å². The van der Waals surface area contributed by atoms with E-state index in [0.29, 0.717) is 35.5 Å². The van der Waals surface area contributed by atoms with Crippen molar-refractivity contribution in [3.8, 4) is 0 Å². The maximum Gasteiger partial charge on any atom is 0.251 e. The Bertz CT molecular complexity index is 822. The molecule has 0 fully saturated rings. The lowest BCUT2D eigenvalue weighted by Gasteiger charge is -2.04. The molecule has 0 atom stereocenters. The minimum atomic E-state index is -0.238. The predicted octanol–water partition coefficient (Wildman–Crippen LogP) is 2.98. The molecule has 0 saturated carbocycles. The number of hydrogen-bond acceptors (Lipinski definition) is 5. The Morgan fingerprint density at radius 2 is 1.50 bits per heavy atom. The van der Waals surface area contributed by atoms with Gasteiger partial charge in [0.15, 0.2) is 0 Å². The number of rotatable bonds is 8. The molecule has 0 radical (unpaired) electrons. The maximum absolute atomic E-state index is 11.9. The van der Waals surface area contributed by atoms with Gasteiger partial charge in [0.2, 0.25) is 0 Å². The van der Waals surface area contributed by atoms with E-state index in [4.69, 9.17) is 22.3 Å². The lowest BCUT2D eigenvalue weighted by molar-refractivity contribution is 0.0955. The number of benzene rings is 2.